The fourth-order valence-electron chi connectivity index (χ4n) is 2.23. The van der Waals surface area contributed by atoms with Crippen molar-refractivity contribution in [2.24, 2.45) is 5.41 Å². The standard InChI is InChI=1S/C14H19FN2O2/c1-14(5-7-16-8-6-14)13(18)17-10-3-4-12(19-2)11(15)9-10/h3-4,9,16H,5-8H2,1-2H3,(H,17,18). The average molecular weight is 266 g/mol. The lowest BCUT2D eigenvalue weighted by molar-refractivity contribution is -0.126. The maximum atomic E-state index is 13.6. The summed E-state index contributed by atoms with van der Waals surface area (Å²) in [6.45, 7) is 3.62. The Bertz CT molecular complexity index is 471. The molecular formula is C14H19FN2O2. The second kappa shape index (κ2) is 5.57. The maximum Gasteiger partial charge on any atom is 0.230 e. The fourth-order valence-corrected chi connectivity index (χ4v) is 2.23. The summed E-state index contributed by atoms with van der Waals surface area (Å²) in [6, 6.07) is 4.43. The zero-order valence-corrected chi connectivity index (χ0v) is 11.3. The van der Waals surface area contributed by atoms with Crippen molar-refractivity contribution in [3.8, 4) is 5.75 Å². The average Bonchev–Trinajstić information content (AvgIpc) is 2.40. The van der Waals surface area contributed by atoms with Crippen LogP contribution in [0.1, 0.15) is 19.8 Å². The van der Waals surface area contributed by atoms with Gasteiger partial charge in [-0.1, -0.05) is 6.92 Å². The number of hydrogen-bond acceptors (Lipinski definition) is 3. The second-order valence-corrected chi connectivity index (χ2v) is 5.11. The first kappa shape index (κ1) is 13.8. The number of nitrogens with one attached hydrogen (secondary N) is 2. The lowest BCUT2D eigenvalue weighted by Gasteiger charge is -2.32. The van der Waals surface area contributed by atoms with Gasteiger partial charge in [-0.3, -0.25) is 4.79 Å². The molecule has 0 bridgehead atoms. The Kier molecular flexibility index (Phi) is 4.04. The molecule has 0 aromatic heterocycles. The molecule has 5 heteroatoms. The number of anilines is 1. The molecule has 2 N–H and O–H groups in total. The minimum Gasteiger partial charge on any atom is -0.494 e. The molecule has 1 aliphatic heterocycles. The number of amides is 1. The number of ether oxygens (including phenoxy) is 1. The van der Waals surface area contributed by atoms with Crippen LogP contribution in [-0.2, 0) is 4.79 Å². The van der Waals surface area contributed by atoms with Crippen LogP contribution in [0.3, 0.4) is 0 Å². The van der Waals surface area contributed by atoms with Crippen LogP contribution < -0.4 is 15.4 Å². The monoisotopic (exact) mass is 266 g/mol. The van der Waals surface area contributed by atoms with Crippen molar-refractivity contribution in [3.63, 3.8) is 0 Å². The molecule has 104 valence electrons. The van der Waals surface area contributed by atoms with Crippen LogP contribution in [0.4, 0.5) is 10.1 Å². The molecular weight excluding hydrogens is 247 g/mol. The summed E-state index contributed by atoms with van der Waals surface area (Å²) in [5.74, 6) is -0.361. The third kappa shape index (κ3) is 3.04. The molecule has 1 aromatic carbocycles. The molecule has 1 amide bonds. The van der Waals surface area contributed by atoms with Crippen molar-refractivity contribution >= 4 is 11.6 Å². The molecule has 1 fully saturated rings. The van der Waals surface area contributed by atoms with Gasteiger partial charge < -0.3 is 15.4 Å². The summed E-state index contributed by atoms with van der Waals surface area (Å²) in [5.41, 5.74) is 0.0739. The quantitative estimate of drug-likeness (QED) is 0.881. The predicted octanol–water partition coefficient (Wildman–Crippen LogP) is 2.16. The minimum absolute atomic E-state index is 0.0569. The molecule has 0 radical (unpaired) electrons. The van der Waals surface area contributed by atoms with E-state index >= 15 is 0 Å². The first-order valence-corrected chi connectivity index (χ1v) is 6.41. The molecule has 0 saturated carbocycles. The molecule has 2 rings (SSSR count). The van der Waals surface area contributed by atoms with Gasteiger partial charge in [0.25, 0.3) is 0 Å². The predicted molar refractivity (Wildman–Crippen MR) is 71.8 cm³/mol. The molecule has 1 aliphatic rings. The fraction of sp³-hybridized carbons (Fsp3) is 0.500. The first-order chi connectivity index (χ1) is 9.05. The van der Waals surface area contributed by atoms with E-state index in [0.29, 0.717) is 5.69 Å². The minimum atomic E-state index is -0.476. The van der Waals surface area contributed by atoms with E-state index in [1.165, 1.54) is 19.2 Å². The second-order valence-electron chi connectivity index (χ2n) is 5.11. The topological polar surface area (TPSA) is 50.4 Å². The summed E-state index contributed by atoms with van der Waals surface area (Å²) in [4.78, 5) is 12.3. The summed E-state index contributed by atoms with van der Waals surface area (Å²) in [6.07, 6.45) is 1.58. The number of carbonyl (C=O) groups is 1. The molecule has 4 nitrogen and oxygen atoms in total. The summed E-state index contributed by atoms with van der Waals surface area (Å²) < 4.78 is 18.4. The van der Waals surface area contributed by atoms with E-state index in [1.54, 1.807) is 6.07 Å². The SMILES string of the molecule is COc1ccc(NC(=O)C2(C)CCNCC2)cc1F. The number of benzene rings is 1. The Balaban J connectivity index is 2.08. The van der Waals surface area contributed by atoms with Crippen molar-refractivity contribution in [2.75, 3.05) is 25.5 Å². The number of piperidine rings is 1. The van der Waals surface area contributed by atoms with Crippen molar-refractivity contribution in [2.45, 2.75) is 19.8 Å². The molecule has 19 heavy (non-hydrogen) atoms. The van der Waals surface area contributed by atoms with Gasteiger partial charge in [0, 0.05) is 17.2 Å². The van der Waals surface area contributed by atoms with Gasteiger partial charge in [0.1, 0.15) is 0 Å². The van der Waals surface area contributed by atoms with Gasteiger partial charge in [-0.25, -0.2) is 4.39 Å². The van der Waals surface area contributed by atoms with Crippen LogP contribution in [0, 0.1) is 11.2 Å². The summed E-state index contributed by atoms with van der Waals surface area (Å²) in [5, 5.41) is 6.01. The van der Waals surface area contributed by atoms with Gasteiger partial charge in [-0.05, 0) is 38.1 Å². The van der Waals surface area contributed by atoms with Gasteiger partial charge in [0.05, 0.1) is 7.11 Å². The van der Waals surface area contributed by atoms with Crippen LogP contribution in [0.25, 0.3) is 0 Å². The highest BCUT2D eigenvalue weighted by atomic mass is 19.1. The lowest BCUT2D eigenvalue weighted by Crippen LogP contribution is -2.42. The van der Waals surface area contributed by atoms with Crippen LogP contribution >= 0.6 is 0 Å². The zero-order chi connectivity index (χ0) is 13.9. The van der Waals surface area contributed by atoms with Gasteiger partial charge >= 0.3 is 0 Å². The van der Waals surface area contributed by atoms with Crippen LogP contribution in [0.2, 0.25) is 0 Å². The van der Waals surface area contributed by atoms with E-state index in [0.717, 1.165) is 25.9 Å². The van der Waals surface area contributed by atoms with E-state index < -0.39 is 5.82 Å². The van der Waals surface area contributed by atoms with E-state index in [2.05, 4.69) is 10.6 Å². The smallest absolute Gasteiger partial charge is 0.230 e. The van der Waals surface area contributed by atoms with Crippen LogP contribution in [-0.4, -0.2) is 26.1 Å². The molecule has 0 unspecified atom stereocenters. The highest BCUT2D eigenvalue weighted by molar-refractivity contribution is 5.95. The summed E-state index contributed by atoms with van der Waals surface area (Å²) in [7, 11) is 1.41. The number of hydrogen-bond donors (Lipinski definition) is 2. The van der Waals surface area contributed by atoms with Gasteiger partial charge in [-0.2, -0.15) is 0 Å². The number of halogens is 1. The van der Waals surface area contributed by atoms with Gasteiger partial charge in [-0.15, -0.1) is 0 Å². The highest BCUT2D eigenvalue weighted by Gasteiger charge is 2.34. The Labute approximate surface area is 112 Å². The molecule has 1 heterocycles. The molecule has 1 saturated heterocycles. The Morgan fingerprint density at radius 3 is 2.68 bits per heavy atom. The number of methoxy groups -OCH3 is 1. The molecule has 0 spiro atoms. The third-order valence-electron chi connectivity index (χ3n) is 3.66. The van der Waals surface area contributed by atoms with Crippen LogP contribution in [0.5, 0.6) is 5.75 Å². The molecule has 1 aromatic rings. The number of carbonyl (C=O) groups excluding carboxylic acids is 1. The largest absolute Gasteiger partial charge is 0.494 e. The Morgan fingerprint density at radius 2 is 2.11 bits per heavy atom. The first-order valence-electron chi connectivity index (χ1n) is 6.41. The van der Waals surface area contributed by atoms with Gasteiger partial charge in [0.2, 0.25) is 5.91 Å². The van der Waals surface area contributed by atoms with Crippen molar-refractivity contribution in [1.29, 1.82) is 0 Å². The lowest BCUT2D eigenvalue weighted by atomic mass is 9.80. The van der Waals surface area contributed by atoms with E-state index in [4.69, 9.17) is 4.74 Å². The van der Waals surface area contributed by atoms with Gasteiger partial charge in [0.15, 0.2) is 11.6 Å². The highest BCUT2D eigenvalue weighted by Crippen LogP contribution is 2.30. The zero-order valence-electron chi connectivity index (χ0n) is 11.3. The summed E-state index contributed by atoms with van der Waals surface area (Å²) >= 11 is 0. The van der Waals surface area contributed by atoms with Crippen molar-refractivity contribution in [1.82, 2.24) is 5.32 Å². The normalized spacial score (nSPS) is 17.8. The Hall–Kier alpha value is -1.62. The third-order valence-corrected chi connectivity index (χ3v) is 3.66. The van der Waals surface area contributed by atoms with Crippen LogP contribution in [0.15, 0.2) is 18.2 Å². The maximum absolute atomic E-state index is 13.6. The van der Waals surface area contributed by atoms with E-state index in [1.807, 2.05) is 6.92 Å². The number of rotatable bonds is 3. The Morgan fingerprint density at radius 1 is 1.42 bits per heavy atom. The molecule has 0 atom stereocenters. The van der Waals surface area contributed by atoms with Crippen molar-refractivity contribution < 1.29 is 13.9 Å². The van der Waals surface area contributed by atoms with E-state index in [-0.39, 0.29) is 17.1 Å². The van der Waals surface area contributed by atoms with Crippen molar-refractivity contribution in [3.05, 3.63) is 24.0 Å². The molecule has 0 aliphatic carbocycles. The van der Waals surface area contributed by atoms with E-state index in [9.17, 15) is 9.18 Å².